The van der Waals surface area contributed by atoms with Crippen molar-refractivity contribution in [2.24, 2.45) is 0 Å². The molecule has 1 amide bonds. The van der Waals surface area contributed by atoms with Crippen LogP contribution in [0.15, 0.2) is 77.4 Å². The summed E-state index contributed by atoms with van der Waals surface area (Å²) < 4.78 is 5.88. The van der Waals surface area contributed by atoms with Crippen molar-refractivity contribution in [2.45, 2.75) is 13.3 Å². The summed E-state index contributed by atoms with van der Waals surface area (Å²) in [5.41, 5.74) is 4.66. The molecular formula is C25H23N5O2. The molecule has 0 bridgehead atoms. The van der Waals surface area contributed by atoms with Gasteiger partial charge in [-0.3, -0.25) is 9.78 Å². The van der Waals surface area contributed by atoms with E-state index in [0.717, 1.165) is 16.8 Å². The van der Waals surface area contributed by atoms with Crippen LogP contribution in [0.5, 0.6) is 0 Å². The molecule has 1 aliphatic rings. The SMILES string of the molecule is Cc1ncc(C2=CCN(C(=O)c3ccccc3)CC2)nc1-c1nnc(-c2ccccc2)o1.[HH]. The molecule has 0 unspecified atom stereocenters. The number of benzene rings is 2. The molecule has 0 aliphatic carbocycles. The van der Waals surface area contributed by atoms with Crippen molar-refractivity contribution in [2.75, 3.05) is 13.1 Å². The van der Waals surface area contributed by atoms with Gasteiger partial charge in [0.05, 0.1) is 17.6 Å². The second-order valence-electron chi connectivity index (χ2n) is 7.56. The Hall–Kier alpha value is -4.13. The van der Waals surface area contributed by atoms with E-state index in [1.807, 2.05) is 78.6 Å². The van der Waals surface area contributed by atoms with Gasteiger partial charge < -0.3 is 9.32 Å². The lowest BCUT2D eigenvalue weighted by Crippen LogP contribution is -2.34. The lowest BCUT2D eigenvalue weighted by molar-refractivity contribution is 0.0773. The van der Waals surface area contributed by atoms with Crippen molar-refractivity contribution in [1.82, 2.24) is 25.1 Å². The fourth-order valence-electron chi connectivity index (χ4n) is 3.67. The second kappa shape index (κ2) is 8.55. The molecule has 0 N–H and O–H groups in total. The summed E-state index contributed by atoms with van der Waals surface area (Å²) in [6.07, 6.45) is 4.50. The predicted molar refractivity (Wildman–Crippen MR) is 123 cm³/mol. The highest BCUT2D eigenvalue weighted by Gasteiger charge is 2.21. The highest BCUT2D eigenvalue weighted by molar-refractivity contribution is 5.94. The van der Waals surface area contributed by atoms with Crippen LogP contribution in [0.25, 0.3) is 28.6 Å². The first-order chi connectivity index (χ1) is 15.7. The highest BCUT2D eigenvalue weighted by Crippen LogP contribution is 2.27. The van der Waals surface area contributed by atoms with Crippen LogP contribution in [0, 0.1) is 6.92 Å². The molecule has 2 aromatic carbocycles. The van der Waals surface area contributed by atoms with Crippen LogP contribution in [0.2, 0.25) is 0 Å². The molecule has 0 saturated heterocycles. The number of rotatable bonds is 4. The Kier molecular flexibility index (Phi) is 5.29. The number of carbonyl (C=O) groups is 1. The van der Waals surface area contributed by atoms with Gasteiger partial charge in [0.25, 0.3) is 11.8 Å². The van der Waals surface area contributed by atoms with Crippen LogP contribution in [0.1, 0.15) is 29.6 Å². The molecule has 4 aromatic rings. The third-order valence-electron chi connectivity index (χ3n) is 5.45. The maximum absolute atomic E-state index is 12.7. The van der Waals surface area contributed by atoms with Crippen LogP contribution in [0.3, 0.4) is 0 Å². The number of aryl methyl sites for hydroxylation is 1. The van der Waals surface area contributed by atoms with E-state index in [2.05, 4.69) is 15.2 Å². The predicted octanol–water partition coefficient (Wildman–Crippen LogP) is 4.68. The first-order valence-electron chi connectivity index (χ1n) is 10.5. The summed E-state index contributed by atoms with van der Waals surface area (Å²) in [6, 6.07) is 19.0. The van der Waals surface area contributed by atoms with E-state index in [0.29, 0.717) is 48.2 Å². The van der Waals surface area contributed by atoms with Crippen molar-refractivity contribution >= 4 is 11.5 Å². The van der Waals surface area contributed by atoms with Crippen molar-refractivity contribution in [3.63, 3.8) is 0 Å². The Morgan fingerprint density at radius 3 is 2.44 bits per heavy atom. The normalized spacial score (nSPS) is 13.7. The minimum atomic E-state index is 0. The van der Waals surface area contributed by atoms with Gasteiger partial charge in [-0.15, -0.1) is 10.2 Å². The van der Waals surface area contributed by atoms with Gasteiger partial charge in [-0.05, 0) is 43.2 Å². The smallest absolute Gasteiger partial charge is 0.268 e. The number of hydrogen-bond donors (Lipinski definition) is 0. The summed E-state index contributed by atoms with van der Waals surface area (Å²) in [5, 5.41) is 8.35. The van der Waals surface area contributed by atoms with Crippen molar-refractivity contribution in [1.29, 1.82) is 0 Å². The Labute approximate surface area is 187 Å². The molecular weight excluding hydrogens is 402 g/mol. The zero-order valence-electron chi connectivity index (χ0n) is 17.6. The number of amides is 1. The summed E-state index contributed by atoms with van der Waals surface area (Å²) in [6.45, 7) is 3.03. The van der Waals surface area contributed by atoms with Crippen molar-refractivity contribution < 1.29 is 10.6 Å². The Balaban J connectivity index is 0.00000259. The molecule has 0 saturated carbocycles. The van der Waals surface area contributed by atoms with Crippen LogP contribution in [-0.2, 0) is 0 Å². The summed E-state index contributed by atoms with van der Waals surface area (Å²) in [4.78, 5) is 23.8. The average Bonchev–Trinajstić information content (AvgIpc) is 3.35. The van der Waals surface area contributed by atoms with Gasteiger partial charge >= 0.3 is 0 Å². The van der Waals surface area contributed by atoms with Gasteiger partial charge in [0.2, 0.25) is 5.89 Å². The van der Waals surface area contributed by atoms with Crippen LogP contribution in [-0.4, -0.2) is 44.1 Å². The van der Waals surface area contributed by atoms with Crippen molar-refractivity contribution in [3.8, 4) is 23.0 Å². The summed E-state index contributed by atoms with van der Waals surface area (Å²) >= 11 is 0. The van der Waals surface area contributed by atoms with Crippen LogP contribution >= 0.6 is 0 Å². The molecule has 0 radical (unpaired) electrons. The van der Waals surface area contributed by atoms with Crippen molar-refractivity contribution in [3.05, 3.63) is 89.9 Å². The summed E-state index contributed by atoms with van der Waals surface area (Å²) in [5.74, 6) is 0.822. The minimum absolute atomic E-state index is 0. The van der Waals surface area contributed by atoms with Gasteiger partial charge in [-0.25, -0.2) is 4.98 Å². The van der Waals surface area contributed by atoms with E-state index in [9.17, 15) is 4.79 Å². The molecule has 5 rings (SSSR count). The Morgan fingerprint density at radius 2 is 1.72 bits per heavy atom. The minimum Gasteiger partial charge on any atom is -0.415 e. The third-order valence-corrected chi connectivity index (χ3v) is 5.45. The first kappa shape index (κ1) is 19.8. The highest BCUT2D eigenvalue weighted by atomic mass is 16.4. The molecule has 3 heterocycles. The topological polar surface area (TPSA) is 85.0 Å². The number of nitrogens with zero attached hydrogens (tertiary/aromatic N) is 5. The zero-order chi connectivity index (χ0) is 21.9. The fourth-order valence-corrected chi connectivity index (χ4v) is 3.67. The molecule has 2 aromatic heterocycles. The van der Waals surface area contributed by atoms with E-state index in [-0.39, 0.29) is 7.33 Å². The first-order valence-corrected chi connectivity index (χ1v) is 10.5. The van der Waals surface area contributed by atoms with Crippen LogP contribution in [0.4, 0.5) is 0 Å². The van der Waals surface area contributed by atoms with Gasteiger partial charge in [0, 0.05) is 25.6 Å². The van der Waals surface area contributed by atoms with Gasteiger partial charge in [0.15, 0.2) is 0 Å². The molecule has 7 heteroatoms. The maximum Gasteiger partial charge on any atom is 0.268 e. The number of hydrogen-bond acceptors (Lipinski definition) is 6. The van der Waals surface area contributed by atoms with Crippen LogP contribution < -0.4 is 0 Å². The fraction of sp³-hybridized carbons (Fsp3) is 0.160. The molecule has 7 nitrogen and oxygen atoms in total. The second-order valence-corrected chi connectivity index (χ2v) is 7.56. The molecule has 0 fully saturated rings. The average molecular weight is 425 g/mol. The Morgan fingerprint density at radius 1 is 1.00 bits per heavy atom. The summed E-state index contributed by atoms with van der Waals surface area (Å²) in [7, 11) is 0. The van der Waals surface area contributed by atoms with Gasteiger partial charge in [-0.1, -0.05) is 42.5 Å². The van der Waals surface area contributed by atoms with E-state index >= 15 is 0 Å². The molecule has 0 atom stereocenters. The van der Waals surface area contributed by atoms with E-state index in [1.54, 1.807) is 6.20 Å². The lowest BCUT2D eigenvalue weighted by Gasteiger charge is -2.26. The Bertz CT molecular complexity index is 1290. The number of carbonyl (C=O) groups excluding carboxylic acids is 1. The monoisotopic (exact) mass is 425 g/mol. The number of aromatic nitrogens is 4. The zero-order valence-corrected chi connectivity index (χ0v) is 17.6. The molecule has 32 heavy (non-hydrogen) atoms. The lowest BCUT2D eigenvalue weighted by atomic mass is 10.0. The molecule has 160 valence electrons. The quantitative estimate of drug-likeness (QED) is 0.472. The third kappa shape index (κ3) is 3.92. The maximum atomic E-state index is 12.7. The molecule has 1 aliphatic heterocycles. The van der Waals surface area contributed by atoms with E-state index in [1.165, 1.54) is 0 Å². The van der Waals surface area contributed by atoms with E-state index < -0.39 is 0 Å². The molecule has 0 spiro atoms. The standard InChI is InChI=1S/C25H21N5O2.H2/c1-17-22(24-29-28-23(32-24)19-8-4-2-5-9-19)27-21(16-26-17)18-12-14-30(15-13-18)25(31)20-10-6-3-7-11-20;/h2-12,16H,13-15H2,1H3;1H. The van der Waals surface area contributed by atoms with Gasteiger partial charge in [0.1, 0.15) is 5.69 Å². The van der Waals surface area contributed by atoms with E-state index in [4.69, 9.17) is 9.40 Å². The van der Waals surface area contributed by atoms with Gasteiger partial charge in [-0.2, -0.15) is 0 Å². The largest absolute Gasteiger partial charge is 0.415 e.